The molecule has 0 amide bonds. The van der Waals surface area contributed by atoms with E-state index in [1.165, 1.54) is 0 Å². The van der Waals surface area contributed by atoms with Crippen molar-refractivity contribution >= 4 is 5.95 Å². The predicted molar refractivity (Wildman–Crippen MR) is 83.6 cm³/mol. The molecule has 2 aromatic rings. The zero-order valence-corrected chi connectivity index (χ0v) is 12.7. The largest absolute Gasteiger partial charge is 0.494 e. The lowest BCUT2D eigenvalue weighted by Gasteiger charge is -2.08. The van der Waals surface area contributed by atoms with E-state index in [1.54, 1.807) is 0 Å². The number of benzene rings is 1. The highest BCUT2D eigenvalue weighted by molar-refractivity contribution is 5.25. The van der Waals surface area contributed by atoms with Gasteiger partial charge in [-0.2, -0.15) is 5.10 Å². The summed E-state index contributed by atoms with van der Waals surface area (Å²) in [5.74, 6) is 1.50. The lowest BCUT2D eigenvalue weighted by atomic mass is 10.2. The van der Waals surface area contributed by atoms with Crippen molar-refractivity contribution < 1.29 is 4.74 Å². The molecular weight excluding hydrogens is 264 g/mol. The minimum atomic E-state index is 0.601. The van der Waals surface area contributed by atoms with Gasteiger partial charge in [0.1, 0.15) is 5.75 Å². The van der Waals surface area contributed by atoms with Gasteiger partial charge in [-0.15, -0.1) is 5.10 Å². The van der Waals surface area contributed by atoms with Gasteiger partial charge in [-0.3, -0.25) is 0 Å². The first-order valence-electron chi connectivity index (χ1n) is 7.47. The molecule has 1 N–H and O–H groups in total. The summed E-state index contributed by atoms with van der Waals surface area (Å²) in [6.07, 6.45) is 2.63. The summed E-state index contributed by atoms with van der Waals surface area (Å²) < 4.78 is 5.63. The minimum absolute atomic E-state index is 0.601. The second kappa shape index (κ2) is 8.19. The van der Waals surface area contributed by atoms with Gasteiger partial charge in [0.25, 0.3) is 0 Å². The summed E-state index contributed by atoms with van der Waals surface area (Å²) in [5, 5.41) is 11.5. The molecule has 0 radical (unpaired) electrons. The zero-order chi connectivity index (χ0) is 14.9. The Morgan fingerprint density at radius 3 is 2.48 bits per heavy atom. The molecule has 5 heteroatoms. The summed E-state index contributed by atoms with van der Waals surface area (Å²) in [6, 6.07) is 9.82. The summed E-state index contributed by atoms with van der Waals surface area (Å²) in [7, 11) is 0. The summed E-state index contributed by atoms with van der Waals surface area (Å²) in [6.45, 7) is 5.58. The molecule has 0 saturated heterocycles. The smallest absolute Gasteiger partial charge is 0.242 e. The fraction of sp³-hybridized carbons (Fsp3) is 0.438. The lowest BCUT2D eigenvalue weighted by molar-refractivity contribution is 0.315. The number of hydrogen-bond acceptors (Lipinski definition) is 5. The Labute approximate surface area is 125 Å². The monoisotopic (exact) mass is 286 g/mol. The van der Waals surface area contributed by atoms with Gasteiger partial charge in [-0.05, 0) is 31.4 Å². The van der Waals surface area contributed by atoms with Crippen molar-refractivity contribution in [1.82, 2.24) is 15.2 Å². The Hall–Kier alpha value is -2.17. The summed E-state index contributed by atoms with van der Waals surface area (Å²) in [5.41, 5.74) is 2.01. The van der Waals surface area contributed by atoms with Crippen LogP contribution in [0, 0.1) is 0 Å². The molecule has 1 heterocycles. The topological polar surface area (TPSA) is 59.9 Å². The average molecular weight is 286 g/mol. The molecule has 5 nitrogen and oxygen atoms in total. The summed E-state index contributed by atoms with van der Waals surface area (Å²) >= 11 is 0. The molecule has 0 aliphatic heterocycles. The van der Waals surface area contributed by atoms with Crippen molar-refractivity contribution in [1.29, 1.82) is 0 Å². The maximum Gasteiger partial charge on any atom is 0.242 e. The number of para-hydroxylation sites is 1. The third-order valence-corrected chi connectivity index (χ3v) is 3.13. The van der Waals surface area contributed by atoms with Gasteiger partial charge in [0, 0.05) is 6.54 Å². The van der Waals surface area contributed by atoms with Crippen molar-refractivity contribution in [2.24, 2.45) is 0 Å². The molecule has 0 unspecified atom stereocenters. The van der Waals surface area contributed by atoms with Crippen LogP contribution in [0.2, 0.25) is 0 Å². The first-order chi connectivity index (χ1) is 10.3. The van der Waals surface area contributed by atoms with Crippen LogP contribution in [0.3, 0.4) is 0 Å². The van der Waals surface area contributed by atoms with Crippen LogP contribution in [-0.2, 0) is 12.8 Å². The molecule has 0 saturated carbocycles. The molecule has 0 bridgehead atoms. The molecule has 0 fully saturated rings. The second-order valence-corrected chi connectivity index (χ2v) is 4.68. The zero-order valence-electron chi connectivity index (χ0n) is 12.7. The van der Waals surface area contributed by atoms with Crippen LogP contribution in [0.5, 0.6) is 5.75 Å². The van der Waals surface area contributed by atoms with Crippen LogP contribution in [0.4, 0.5) is 5.95 Å². The number of ether oxygens (including phenoxy) is 1. The average Bonchev–Trinajstić information content (AvgIpc) is 2.55. The molecule has 0 aliphatic carbocycles. The van der Waals surface area contributed by atoms with Crippen LogP contribution >= 0.6 is 0 Å². The number of hydrogen-bond donors (Lipinski definition) is 1. The van der Waals surface area contributed by atoms with Gasteiger partial charge in [0.2, 0.25) is 5.95 Å². The number of anilines is 1. The van der Waals surface area contributed by atoms with E-state index < -0.39 is 0 Å². The first-order valence-corrected chi connectivity index (χ1v) is 7.47. The molecule has 21 heavy (non-hydrogen) atoms. The van der Waals surface area contributed by atoms with Gasteiger partial charge >= 0.3 is 0 Å². The van der Waals surface area contributed by atoms with Crippen molar-refractivity contribution in [2.75, 3.05) is 18.5 Å². The number of aryl methyl sites for hydroxylation is 2. The van der Waals surface area contributed by atoms with Crippen LogP contribution in [0.25, 0.3) is 0 Å². The molecular formula is C16H22N4O. The van der Waals surface area contributed by atoms with Crippen LogP contribution in [0.15, 0.2) is 30.3 Å². The van der Waals surface area contributed by atoms with E-state index in [0.29, 0.717) is 12.6 Å². The fourth-order valence-electron chi connectivity index (χ4n) is 1.99. The molecule has 112 valence electrons. The van der Waals surface area contributed by atoms with Gasteiger partial charge in [-0.1, -0.05) is 32.0 Å². The third-order valence-electron chi connectivity index (χ3n) is 3.13. The number of aromatic nitrogens is 3. The van der Waals surface area contributed by atoms with Crippen LogP contribution in [0.1, 0.15) is 31.7 Å². The summed E-state index contributed by atoms with van der Waals surface area (Å²) in [4.78, 5) is 4.49. The lowest BCUT2D eigenvalue weighted by Crippen LogP contribution is -2.12. The van der Waals surface area contributed by atoms with E-state index in [1.807, 2.05) is 30.3 Å². The minimum Gasteiger partial charge on any atom is -0.494 e. The van der Waals surface area contributed by atoms with Crippen LogP contribution < -0.4 is 10.1 Å². The standard InChI is InChI=1S/C16H22N4O/c1-3-14-15(4-2)19-20-16(18-14)17-11-8-12-21-13-9-6-5-7-10-13/h5-7,9-10H,3-4,8,11-12H2,1-2H3,(H,17,18,20). The molecule has 1 aromatic heterocycles. The van der Waals surface area contributed by atoms with Crippen LogP contribution in [-0.4, -0.2) is 28.3 Å². The molecule has 1 aromatic carbocycles. The maximum absolute atomic E-state index is 5.63. The van der Waals surface area contributed by atoms with Gasteiger partial charge in [-0.25, -0.2) is 4.98 Å². The third kappa shape index (κ3) is 4.70. The number of nitrogens with zero attached hydrogens (tertiary/aromatic N) is 3. The normalized spacial score (nSPS) is 10.4. The van der Waals surface area contributed by atoms with Gasteiger partial charge in [0.05, 0.1) is 18.0 Å². The Morgan fingerprint density at radius 1 is 1.00 bits per heavy atom. The van der Waals surface area contributed by atoms with Gasteiger partial charge in [0.15, 0.2) is 0 Å². The quantitative estimate of drug-likeness (QED) is 0.756. The number of nitrogens with one attached hydrogen (secondary N) is 1. The van der Waals surface area contributed by atoms with Crippen molar-refractivity contribution in [3.8, 4) is 5.75 Å². The molecule has 2 rings (SSSR count). The van der Waals surface area contributed by atoms with E-state index in [2.05, 4.69) is 34.3 Å². The van der Waals surface area contributed by atoms with E-state index in [-0.39, 0.29) is 0 Å². The second-order valence-electron chi connectivity index (χ2n) is 4.68. The van der Waals surface area contributed by atoms with Crippen molar-refractivity contribution in [3.05, 3.63) is 41.7 Å². The highest BCUT2D eigenvalue weighted by Crippen LogP contribution is 2.09. The highest BCUT2D eigenvalue weighted by atomic mass is 16.5. The Balaban J connectivity index is 1.73. The predicted octanol–water partition coefficient (Wildman–Crippen LogP) is 2.88. The van der Waals surface area contributed by atoms with Crippen molar-refractivity contribution in [3.63, 3.8) is 0 Å². The van der Waals surface area contributed by atoms with E-state index >= 15 is 0 Å². The highest BCUT2D eigenvalue weighted by Gasteiger charge is 2.05. The maximum atomic E-state index is 5.63. The Bertz CT molecular complexity index is 545. The first kappa shape index (κ1) is 15.2. The Morgan fingerprint density at radius 2 is 1.76 bits per heavy atom. The Kier molecular flexibility index (Phi) is 5.94. The van der Waals surface area contributed by atoms with E-state index in [0.717, 1.165) is 42.9 Å². The fourth-order valence-corrected chi connectivity index (χ4v) is 1.99. The van der Waals surface area contributed by atoms with Gasteiger partial charge < -0.3 is 10.1 Å². The van der Waals surface area contributed by atoms with E-state index in [9.17, 15) is 0 Å². The molecule has 0 aliphatic rings. The van der Waals surface area contributed by atoms with Crippen molar-refractivity contribution in [2.45, 2.75) is 33.1 Å². The number of rotatable bonds is 8. The molecule has 0 spiro atoms. The SMILES string of the molecule is CCc1nnc(NCCCOc2ccccc2)nc1CC. The van der Waals surface area contributed by atoms with E-state index in [4.69, 9.17) is 4.74 Å². The molecule has 0 atom stereocenters.